The van der Waals surface area contributed by atoms with Gasteiger partial charge in [-0.05, 0) is 24.6 Å². The molecule has 0 spiro atoms. The highest BCUT2D eigenvalue weighted by atomic mass is 19.2. The molecule has 0 amide bonds. The van der Waals surface area contributed by atoms with Gasteiger partial charge in [0.1, 0.15) is 12.4 Å². The molecule has 1 aromatic carbocycles. The molecule has 1 unspecified atom stereocenters. The van der Waals surface area contributed by atoms with Crippen molar-refractivity contribution in [2.75, 3.05) is 20.8 Å². The first-order valence-corrected chi connectivity index (χ1v) is 6.55. The lowest BCUT2D eigenvalue weighted by Gasteiger charge is -2.27. The van der Waals surface area contributed by atoms with Gasteiger partial charge in [0.25, 0.3) is 0 Å². The predicted octanol–water partition coefficient (Wildman–Crippen LogP) is 2.10. The Morgan fingerprint density at radius 2 is 2.05 bits per heavy atom. The third-order valence-electron chi connectivity index (χ3n) is 3.26. The van der Waals surface area contributed by atoms with Gasteiger partial charge in [-0.2, -0.15) is 0 Å². The Morgan fingerprint density at radius 3 is 2.64 bits per heavy atom. The molecular formula is C15H16F2N2O3. The smallest absolute Gasteiger partial charge is 0.338 e. The third kappa shape index (κ3) is 3.14. The summed E-state index contributed by atoms with van der Waals surface area (Å²) in [7, 11) is 2.75. The molecule has 1 aromatic rings. The minimum absolute atomic E-state index is 0.200. The number of aliphatic imine (C=N–C) groups is 1. The lowest BCUT2D eigenvalue weighted by atomic mass is 9.95. The number of hydrogen-bond acceptors (Lipinski definition) is 5. The average molecular weight is 310 g/mol. The van der Waals surface area contributed by atoms with Crippen molar-refractivity contribution in [1.29, 1.82) is 0 Å². The lowest BCUT2D eigenvalue weighted by molar-refractivity contribution is -0.136. The molecule has 0 radical (unpaired) electrons. The van der Waals surface area contributed by atoms with E-state index in [1.807, 2.05) is 0 Å². The van der Waals surface area contributed by atoms with Crippen molar-refractivity contribution in [2.45, 2.75) is 13.0 Å². The number of benzene rings is 1. The minimum Gasteiger partial charge on any atom is -0.466 e. The standard InChI is InChI=1S/C15H16F2N2O3/c1-8-13(15(20)22-3)14(19-12(18-8)7-21-2)9-4-5-10(16)11(17)6-9/h4-6,14H,7H2,1-3H3,(H,18,19). The Kier molecular flexibility index (Phi) is 4.87. The summed E-state index contributed by atoms with van der Waals surface area (Å²) in [4.78, 5) is 16.2. The van der Waals surface area contributed by atoms with E-state index in [1.165, 1.54) is 20.3 Å². The van der Waals surface area contributed by atoms with Crippen LogP contribution in [0.4, 0.5) is 8.78 Å². The molecule has 1 atom stereocenters. The fraction of sp³-hybridized carbons (Fsp3) is 0.333. The molecule has 1 heterocycles. The lowest BCUT2D eigenvalue weighted by Crippen LogP contribution is -2.38. The van der Waals surface area contributed by atoms with Crippen molar-refractivity contribution in [1.82, 2.24) is 5.32 Å². The first-order chi connectivity index (χ1) is 10.5. The van der Waals surface area contributed by atoms with E-state index in [9.17, 15) is 13.6 Å². The molecule has 22 heavy (non-hydrogen) atoms. The van der Waals surface area contributed by atoms with Gasteiger partial charge in [0.15, 0.2) is 11.6 Å². The molecule has 0 bridgehead atoms. The van der Waals surface area contributed by atoms with Gasteiger partial charge in [-0.3, -0.25) is 0 Å². The maximum atomic E-state index is 13.5. The van der Waals surface area contributed by atoms with Crippen LogP contribution in [0.15, 0.2) is 34.5 Å². The van der Waals surface area contributed by atoms with Gasteiger partial charge < -0.3 is 14.8 Å². The normalized spacial score (nSPS) is 17.9. The Morgan fingerprint density at radius 1 is 1.32 bits per heavy atom. The highest BCUT2D eigenvalue weighted by Crippen LogP contribution is 2.29. The molecule has 1 N–H and O–H groups in total. The van der Waals surface area contributed by atoms with Crippen LogP contribution in [0, 0.1) is 11.6 Å². The van der Waals surface area contributed by atoms with Crippen molar-refractivity contribution < 1.29 is 23.0 Å². The maximum absolute atomic E-state index is 13.5. The second-order valence-electron chi connectivity index (χ2n) is 4.73. The molecule has 5 nitrogen and oxygen atoms in total. The second-order valence-corrected chi connectivity index (χ2v) is 4.73. The number of rotatable bonds is 4. The number of ether oxygens (including phenoxy) is 2. The number of halogens is 2. The number of carbonyl (C=O) groups is 1. The van der Waals surface area contributed by atoms with Crippen molar-refractivity contribution >= 4 is 11.8 Å². The van der Waals surface area contributed by atoms with Gasteiger partial charge in [-0.15, -0.1) is 0 Å². The van der Waals surface area contributed by atoms with Gasteiger partial charge in [0, 0.05) is 7.11 Å². The van der Waals surface area contributed by atoms with E-state index in [1.54, 1.807) is 6.92 Å². The third-order valence-corrected chi connectivity index (χ3v) is 3.26. The summed E-state index contributed by atoms with van der Waals surface area (Å²) in [6.07, 6.45) is 0. The van der Waals surface area contributed by atoms with E-state index in [0.717, 1.165) is 12.1 Å². The summed E-state index contributed by atoms with van der Waals surface area (Å²) < 4.78 is 36.4. The van der Waals surface area contributed by atoms with Crippen LogP contribution < -0.4 is 5.32 Å². The Labute approximate surface area is 126 Å². The minimum atomic E-state index is -0.989. The molecule has 0 fully saturated rings. The van der Waals surface area contributed by atoms with Crippen LogP contribution >= 0.6 is 0 Å². The number of allylic oxidation sites excluding steroid dienone is 1. The Balaban J connectivity index is 2.49. The molecule has 1 aliphatic heterocycles. The number of nitrogens with one attached hydrogen (secondary N) is 1. The number of esters is 1. The Bertz CT molecular complexity index is 656. The first-order valence-electron chi connectivity index (χ1n) is 6.55. The monoisotopic (exact) mass is 310 g/mol. The molecule has 0 saturated carbocycles. The SMILES string of the molecule is COCC1=NC(C)=C(C(=O)OC)C(c2ccc(F)c(F)c2)N1. The van der Waals surface area contributed by atoms with Gasteiger partial charge in [0.05, 0.1) is 24.4 Å². The summed E-state index contributed by atoms with van der Waals surface area (Å²) in [5, 5.41) is 2.99. The van der Waals surface area contributed by atoms with E-state index in [-0.39, 0.29) is 12.2 Å². The molecule has 1 aliphatic rings. The van der Waals surface area contributed by atoms with Crippen molar-refractivity contribution in [3.8, 4) is 0 Å². The summed E-state index contributed by atoms with van der Waals surface area (Å²) in [5.41, 5.74) is 1.07. The zero-order valence-corrected chi connectivity index (χ0v) is 12.4. The quantitative estimate of drug-likeness (QED) is 0.865. The number of amidine groups is 1. The van der Waals surface area contributed by atoms with Crippen LogP contribution in [-0.2, 0) is 14.3 Å². The molecule has 0 aliphatic carbocycles. The summed E-state index contributed by atoms with van der Waals surface area (Å²) in [6, 6.07) is 2.77. The summed E-state index contributed by atoms with van der Waals surface area (Å²) in [5.74, 6) is -2.04. The topological polar surface area (TPSA) is 59.9 Å². The fourth-order valence-electron chi connectivity index (χ4n) is 2.27. The van der Waals surface area contributed by atoms with Crippen LogP contribution in [0.25, 0.3) is 0 Å². The predicted molar refractivity (Wildman–Crippen MR) is 76.3 cm³/mol. The molecule has 118 valence electrons. The van der Waals surface area contributed by atoms with Crippen LogP contribution in [0.3, 0.4) is 0 Å². The van der Waals surface area contributed by atoms with E-state index in [4.69, 9.17) is 9.47 Å². The van der Waals surface area contributed by atoms with E-state index < -0.39 is 23.6 Å². The van der Waals surface area contributed by atoms with Crippen molar-refractivity contribution in [2.24, 2.45) is 4.99 Å². The Hall–Kier alpha value is -2.28. The number of methoxy groups -OCH3 is 2. The average Bonchev–Trinajstić information content (AvgIpc) is 2.49. The van der Waals surface area contributed by atoms with Crippen molar-refractivity contribution in [3.63, 3.8) is 0 Å². The number of hydrogen-bond donors (Lipinski definition) is 1. The molecule has 0 aromatic heterocycles. The molecule has 2 rings (SSSR count). The second kappa shape index (κ2) is 6.65. The van der Waals surface area contributed by atoms with E-state index >= 15 is 0 Å². The van der Waals surface area contributed by atoms with Crippen molar-refractivity contribution in [3.05, 3.63) is 46.7 Å². The largest absolute Gasteiger partial charge is 0.466 e. The number of nitrogens with zero attached hydrogens (tertiary/aromatic N) is 1. The van der Waals surface area contributed by atoms with Gasteiger partial charge >= 0.3 is 5.97 Å². The fourth-order valence-corrected chi connectivity index (χ4v) is 2.27. The zero-order valence-electron chi connectivity index (χ0n) is 12.4. The first kappa shape index (κ1) is 16.1. The number of carbonyl (C=O) groups excluding carboxylic acids is 1. The highest BCUT2D eigenvalue weighted by Gasteiger charge is 2.30. The summed E-state index contributed by atoms with van der Waals surface area (Å²) >= 11 is 0. The zero-order chi connectivity index (χ0) is 16.3. The van der Waals surface area contributed by atoms with E-state index in [0.29, 0.717) is 17.1 Å². The van der Waals surface area contributed by atoms with Gasteiger partial charge in [0.2, 0.25) is 0 Å². The summed E-state index contributed by atoms with van der Waals surface area (Å²) in [6.45, 7) is 1.85. The van der Waals surface area contributed by atoms with Crippen LogP contribution in [0.5, 0.6) is 0 Å². The van der Waals surface area contributed by atoms with Gasteiger partial charge in [-0.1, -0.05) is 6.07 Å². The molecule has 0 saturated heterocycles. The maximum Gasteiger partial charge on any atom is 0.338 e. The molecule has 7 heteroatoms. The van der Waals surface area contributed by atoms with Crippen LogP contribution in [0.1, 0.15) is 18.5 Å². The van der Waals surface area contributed by atoms with E-state index in [2.05, 4.69) is 10.3 Å². The van der Waals surface area contributed by atoms with Gasteiger partial charge in [-0.25, -0.2) is 18.6 Å². The highest BCUT2D eigenvalue weighted by molar-refractivity contribution is 5.96. The molecular weight excluding hydrogens is 294 g/mol. The van der Waals surface area contributed by atoms with Crippen LogP contribution in [0.2, 0.25) is 0 Å². The van der Waals surface area contributed by atoms with Crippen LogP contribution in [-0.4, -0.2) is 32.6 Å².